The van der Waals surface area contributed by atoms with Crippen molar-refractivity contribution in [3.8, 4) is 0 Å². The quantitative estimate of drug-likeness (QED) is 0.886. The third kappa shape index (κ3) is 3.53. The molecule has 0 aliphatic rings. The van der Waals surface area contributed by atoms with Crippen molar-refractivity contribution in [2.75, 3.05) is 0 Å². The van der Waals surface area contributed by atoms with Gasteiger partial charge in [0.1, 0.15) is 11.9 Å². The number of carboxylic acids is 1. The Morgan fingerprint density at radius 3 is 3.00 bits per heavy atom. The van der Waals surface area contributed by atoms with Crippen LogP contribution in [0.4, 0.5) is 0 Å². The van der Waals surface area contributed by atoms with Crippen molar-refractivity contribution < 1.29 is 9.90 Å². The molecule has 0 fully saturated rings. The molecular weight excluding hydrogens is 278 g/mol. The number of nitrogens with zero attached hydrogens (tertiary/aromatic N) is 2. The molecule has 20 heavy (non-hydrogen) atoms. The number of rotatable bonds is 5. The summed E-state index contributed by atoms with van der Waals surface area (Å²) in [5.41, 5.74) is 1.60. The summed E-state index contributed by atoms with van der Waals surface area (Å²) in [6.45, 7) is 2.32. The Morgan fingerprint density at radius 2 is 2.30 bits per heavy atom. The van der Waals surface area contributed by atoms with E-state index in [1.54, 1.807) is 0 Å². The van der Waals surface area contributed by atoms with Gasteiger partial charge in [0.25, 0.3) is 0 Å². The Labute approximate surface area is 121 Å². The summed E-state index contributed by atoms with van der Waals surface area (Å²) in [5, 5.41) is 13.0. The van der Waals surface area contributed by atoms with Crippen molar-refractivity contribution in [2.24, 2.45) is 0 Å². The lowest BCUT2D eigenvalue weighted by Gasteiger charge is -2.14. The van der Waals surface area contributed by atoms with E-state index in [1.807, 2.05) is 31.2 Å². The van der Waals surface area contributed by atoms with Crippen molar-refractivity contribution in [3.05, 3.63) is 58.6 Å². The largest absolute Gasteiger partial charge is 0.478 e. The summed E-state index contributed by atoms with van der Waals surface area (Å²) < 4.78 is 0. The smallest absolute Gasteiger partial charge is 0.339 e. The van der Waals surface area contributed by atoms with E-state index in [1.165, 1.54) is 12.5 Å². The average Bonchev–Trinajstić information content (AvgIpc) is 2.45. The zero-order valence-electron chi connectivity index (χ0n) is 10.9. The second-order valence-electron chi connectivity index (χ2n) is 4.35. The number of nitrogens with one attached hydrogen (secondary N) is 1. The fourth-order valence-electron chi connectivity index (χ4n) is 1.82. The van der Waals surface area contributed by atoms with Crippen molar-refractivity contribution >= 4 is 17.6 Å². The van der Waals surface area contributed by atoms with E-state index in [0.29, 0.717) is 17.3 Å². The van der Waals surface area contributed by atoms with Crippen LogP contribution in [-0.4, -0.2) is 21.0 Å². The lowest BCUT2D eigenvalue weighted by Crippen LogP contribution is -2.20. The van der Waals surface area contributed by atoms with E-state index < -0.39 is 5.97 Å². The molecule has 0 aliphatic carbocycles. The Kier molecular flexibility index (Phi) is 4.65. The first-order valence-corrected chi connectivity index (χ1v) is 6.46. The van der Waals surface area contributed by atoms with Gasteiger partial charge in [-0.3, -0.25) is 0 Å². The number of halogens is 1. The minimum absolute atomic E-state index is 0.0327. The van der Waals surface area contributed by atoms with Crippen LogP contribution >= 0.6 is 11.6 Å². The zero-order valence-corrected chi connectivity index (χ0v) is 11.6. The number of benzene rings is 1. The molecule has 2 rings (SSSR count). The van der Waals surface area contributed by atoms with Gasteiger partial charge in [-0.1, -0.05) is 23.7 Å². The van der Waals surface area contributed by atoms with Gasteiger partial charge in [-0.05, 0) is 24.6 Å². The first-order valence-electron chi connectivity index (χ1n) is 6.09. The molecule has 104 valence electrons. The van der Waals surface area contributed by atoms with Crippen molar-refractivity contribution in [1.82, 2.24) is 15.3 Å². The fraction of sp³-hybridized carbons (Fsp3) is 0.214. The monoisotopic (exact) mass is 291 g/mol. The van der Waals surface area contributed by atoms with Crippen LogP contribution in [0, 0.1) is 0 Å². The Bertz CT molecular complexity index is 619. The van der Waals surface area contributed by atoms with E-state index in [9.17, 15) is 4.79 Å². The van der Waals surface area contributed by atoms with E-state index in [2.05, 4.69) is 15.3 Å². The highest BCUT2D eigenvalue weighted by molar-refractivity contribution is 6.30. The molecule has 1 atom stereocenters. The molecule has 6 heteroatoms. The van der Waals surface area contributed by atoms with Gasteiger partial charge in [-0.25, -0.2) is 14.8 Å². The molecule has 0 amide bonds. The number of carbonyl (C=O) groups is 1. The number of hydrogen-bond acceptors (Lipinski definition) is 4. The van der Waals surface area contributed by atoms with Crippen LogP contribution in [0.1, 0.15) is 34.6 Å². The first-order chi connectivity index (χ1) is 9.58. The first kappa shape index (κ1) is 14.4. The highest BCUT2D eigenvalue weighted by atomic mass is 35.5. The summed E-state index contributed by atoms with van der Waals surface area (Å²) >= 11 is 5.95. The lowest BCUT2D eigenvalue weighted by atomic mass is 10.1. The van der Waals surface area contributed by atoms with Crippen LogP contribution in [0.2, 0.25) is 5.02 Å². The summed E-state index contributed by atoms with van der Waals surface area (Å²) in [6.07, 6.45) is 2.64. The average molecular weight is 292 g/mol. The molecule has 0 saturated carbocycles. The Morgan fingerprint density at radius 1 is 1.50 bits per heavy atom. The van der Waals surface area contributed by atoms with E-state index in [4.69, 9.17) is 16.7 Å². The molecule has 1 aromatic heterocycles. The van der Waals surface area contributed by atoms with E-state index >= 15 is 0 Å². The minimum Gasteiger partial charge on any atom is -0.478 e. The molecular formula is C14H14ClN3O2. The summed E-state index contributed by atoms with van der Waals surface area (Å²) in [4.78, 5) is 18.8. The minimum atomic E-state index is -1.03. The second-order valence-corrected chi connectivity index (χ2v) is 4.78. The van der Waals surface area contributed by atoms with Gasteiger partial charge in [-0.15, -0.1) is 0 Å². The third-order valence-electron chi connectivity index (χ3n) is 2.95. The van der Waals surface area contributed by atoms with Gasteiger partial charge in [-0.2, -0.15) is 0 Å². The number of aromatic carboxylic acids is 1. The summed E-state index contributed by atoms with van der Waals surface area (Å²) in [5.74, 6) is -1.03. The maximum atomic E-state index is 11.1. The van der Waals surface area contributed by atoms with Crippen molar-refractivity contribution in [3.63, 3.8) is 0 Å². The van der Waals surface area contributed by atoms with Crippen molar-refractivity contribution in [2.45, 2.75) is 19.5 Å². The Hall–Kier alpha value is -1.98. The van der Waals surface area contributed by atoms with E-state index in [-0.39, 0.29) is 11.6 Å². The molecule has 2 N–H and O–H groups in total. The number of aromatic nitrogens is 2. The van der Waals surface area contributed by atoms with E-state index in [0.717, 1.165) is 5.56 Å². The SMILES string of the molecule is CC(NCc1ncncc1C(=O)O)c1cccc(Cl)c1. The molecule has 0 bridgehead atoms. The second kappa shape index (κ2) is 6.45. The van der Waals surface area contributed by atoms with Gasteiger partial charge in [0.05, 0.1) is 5.69 Å². The summed E-state index contributed by atoms with van der Waals surface area (Å²) in [6, 6.07) is 7.55. The molecule has 2 aromatic rings. The number of hydrogen-bond donors (Lipinski definition) is 2. The van der Waals surface area contributed by atoms with Crippen molar-refractivity contribution in [1.29, 1.82) is 0 Å². The van der Waals surface area contributed by atoms with Crippen LogP contribution in [0.15, 0.2) is 36.8 Å². The molecule has 5 nitrogen and oxygen atoms in total. The highest BCUT2D eigenvalue weighted by Crippen LogP contribution is 2.17. The number of carboxylic acid groups (broad SMARTS) is 1. The van der Waals surface area contributed by atoms with Gasteiger partial charge in [0, 0.05) is 23.8 Å². The highest BCUT2D eigenvalue weighted by Gasteiger charge is 2.12. The topological polar surface area (TPSA) is 75.1 Å². The third-order valence-corrected chi connectivity index (χ3v) is 3.18. The van der Waals surface area contributed by atoms with Crippen LogP contribution in [0.25, 0.3) is 0 Å². The van der Waals surface area contributed by atoms with Crippen LogP contribution in [-0.2, 0) is 6.54 Å². The van der Waals surface area contributed by atoms with Gasteiger partial charge in [0.2, 0.25) is 0 Å². The normalized spacial score (nSPS) is 12.1. The maximum absolute atomic E-state index is 11.1. The van der Waals surface area contributed by atoms with Crippen LogP contribution in [0.5, 0.6) is 0 Å². The summed E-state index contributed by atoms with van der Waals surface area (Å²) in [7, 11) is 0. The van der Waals surface area contributed by atoms with Gasteiger partial charge >= 0.3 is 5.97 Å². The molecule has 1 heterocycles. The standard InChI is InChI=1S/C14H14ClN3O2/c1-9(10-3-2-4-11(15)5-10)17-7-13-12(14(19)20)6-16-8-18-13/h2-6,8-9,17H,7H2,1H3,(H,19,20). The zero-order chi connectivity index (χ0) is 14.5. The molecule has 0 spiro atoms. The molecule has 0 saturated heterocycles. The molecule has 0 radical (unpaired) electrons. The molecule has 0 aliphatic heterocycles. The van der Waals surface area contributed by atoms with Gasteiger partial charge in [0.15, 0.2) is 0 Å². The predicted molar refractivity (Wildman–Crippen MR) is 75.7 cm³/mol. The Balaban J connectivity index is 2.07. The maximum Gasteiger partial charge on any atom is 0.339 e. The molecule has 1 unspecified atom stereocenters. The fourth-order valence-corrected chi connectivity index (χ4v) is 2.02. The van der Waals surface area contributed by atoms with Crippen LogP contribution < -0.4 is 5.32 Å². The predicted octanol–water partition coefficient (Wildman–Crippen LogP) is 2.68. The lowest BCUT2D eigenvalue weighted by molar-refractivity contribution is 0.0694. The molecule has 1 aromatic carbocycles. The van der Waals surface area contributed by atoms with Crippen LogP contribution in [0.3, 0.4) is 0 Å². The van der Waals surface area contributed by atoms with Gasteiger partial charge < -0.3 is 10.4 Å².